The summed E-state index contributed by atoms with van der Waals surface area (Å²) in [5.41, 5.74) is 0.0612. The molecule has 0 radical (unpaired) electrons. The van der Waals surface area contributed by atoms with Gasteiger partial charge < -0.3 is 14.4 Å². The van der Waals surface area contributed by atoms with E-state index in [1.54, 1.807) is 4.90 Å². The summed E-state index contributed by atoms with van der Waals surface area (Å²) in [6.07, 6.45) is -4.30. The molecule has 14 heteroatoms. The number of rotatable bonds is 5. The number of carbonyl (C=O) groups is 3. The van der Waals surface area contributed by atoms with Crippen LogP contribution in [0.4, 0.5) is 26.7 Å². The number of carbonyl (C=O) groups excluding carboxylic acids is 3. The summed E-state index contributed by atoms with van der Waals surface area (Å²) in [7, 11) is 0. The monoisotopic (exact) mass is 554 g/mol. The van der Waals surface area contributed by atoms with Gasteiger partial charge in [-0.15, -0.1) is 10.2 Å². The number of urea groups is 1. The Hall–Kier alpha value is -3.58. The van der Waals surface area contributed by atoms with Gasteiger partial charge in [-0.05, 0) is 37.3 Å². The Morgan fingerprint density at radius 1 is 1.05 bits per heavy atom. The first-order valence-corrected chi connectivity index (χ1v) is 12.8. The third-order valence-corrected chi connectivity index (χ3v) is 7.77. The maximum Gasteiger partial charge on any atom is 0.396 e. The zero-order valence-corrected chi connectivity index (χ0v) is 20.9. The molecule has 3 aliphatic heterocycles. The number of hydrogen-bond acceptors (Lipinski definition) is 5. The molecule has 0 bridgehead atoms. The van der Waals surface area contributed by atoms with E-state index in [0.29, 0.717) is 38.8 Å². The molecule has 2 aromatic rings. The number of amides is 4. The number of piperidine rings is 1. The Bertz CT molecular complexity index is 1270. The normalized spacial score (nSPS) is 22.6. The van der Waals surface area contributed by atoms with E-state index in [9.17, 15) is 36.3 Å². The summed E-state index contributed by atoms with van der Waals surface area (Å²) in [5.74, 6) is -3.97. The SMILES string of the molecule is O=C1CN(C2CCN(C(=O)CC3CC[C@H](c4cccc(F)c4F)Cn4c(CC(F)(F)F)nnc43)CC2)C(=O)N1. The van der Waals surface area contributed by atoms with Gasteiger partial charge in [0.1, 0.15) is 24.6 Å². The van der Waals surface area contributed by atoms with Crippen molar-refractivity contribution < 1.29 is 36.3 Å². The molecule has 3 aliphatic rings. The molecule has 2 saturated heterocycles. The number of likely N-dealkylation sites (tertiary alicyclic amines) is 1. The van der Waals surface area contributed by atoms with E-state index in [1.807, 2.05) is 0 Å². The van der Waals surface area contributed by atoms with Crippen molar-refractivity contribution in [2.45, 2.75) is 69.1 Å². The molecule has 5 rings (SSSR count). The molecule has 9 nitrogen and oxygen atoms in total. The Morgan fingerprint density at radius 2 is 1.79 bits per heavy atom. The number of imide groups is 1. The van der Waals surface area contributed by atoms with E-state index in [2.05, 4.69) is 15.5 Å². The molecule has 0 saturated carbocycles. The van der Waals surface area contributed by atoms with Crippen LogP contribution in [0, 0.1) is 11.6 Å². The first-order chi connectivity index (χ1) is 18.5. The second-order valence-corrected chi connectivity index (χ2v) is 10.3. The number of aromatic nitrogens is 3. The van der Waals surface area contributed by atoms with Crippen LogP contribution < -0.4 is 5.32 Å². The molecule has 4 amide bonds. The third kappa shape index (κ3) is 5.74. The van der Waals surface area contributed by atoms with Crippen molar-refractivity contribution in [3.05, 3.63) is 47.0 Å². The Labute approximate surface area is 220 Å². The lowest BCUT2D eigenvalue weighted by Gasteiger charge is -2.36. The fourth-order valence-electron chi connectivity index (χ4n) is 5.81. The molecule has 4 heterocycles. The van der Waals surface area contributed by atoms with Gasteiger partial charge in [0.15, 0.2) is 11.6 Å². The molecule has 39 heavy (non-hydrogen) atoms. The molecule has 0 aliphatic carbocycles. The zero-order chi connectivity index (χ0) is 27.9. The highest BCUT2D eigenvalue weighted by Crippen LogP contribution is 2.38. The summed E-state index contributed by atoms with van der Waals surface area (Å²) >= 11 is 0. The van der Waals surface area contributed by atoms with Gasteiger partial charge in [-0.3, -0.25) is 14.9 Å². The van der Waals surface area contributed by atoms with E-state index >= 15 is 0 Å². The minimum absolute atomic E-state index is 0.0114. The lowest BCUT2D eigenvalue weighted by molar-refractivity contribution is -0.133. The average Bonchev–Trinajstić information content (AvgIpc) is 3.36. The second-order valence-electron chi connectivity index (χ2n) is 10.3. The van der Waals surface area contributed by atoms with Crippen LogP contribution in [0.5, 0.6) is 0 Å². The van der Waals surface area contributed by atoms with Gasteiger partial charge >= 0.3 is 12.2 Å². The predicted molar refractivity (Wildman–Crippen MR) is 125 cm³/mol. The highest BCUT2D eigenvalue weighted by molar-refractivity contribution is 6.02. The molecule has 2 fully saturated rings. The molecule has 210 valence electrons. The van der Waals surface area contributed by atoms with E-state index < -0.39 is 42.1 Å². The lowest BCUT2D eigenvalue weighted by atomic mass is 9.89. The zero-order valence-electron chi connectivity index (χ0n) is 20.9. The van der Waals surface area contributed by atoms with Gasteiger partial charge in [0.25, 0.3) is 0 Å². The number of fused-ring (bicyclic) bond motifs is 1. The minimum Gasteiger partial charge on any atom is -0.343 e. The van der Waals surface area contributed by atoms with Gasteiger partial charge in [-0.2, -0.15) is 13.2 Å². The number of benzene rings is 1. The number of alkyl halides is 3. The van der Waals surface area contributed by atoms with E-state index in [4.69, 9.17) is 0 Å². The van der Waals surface area contributed by atoms with Crippen LogP contribution in [0.3, 0.4) is 0 Å². The van der Waals surface area contributed by atoms with Gasteiger partial charge in [0.2, 0.25) is 11.8 Å². The maximum absolute atomic E-state index is 14.6. The van der Waals surface area contributed by atoms with Crippen molar-refractivity contribution in [2.75, 3.05) is 19.6 Å². The number of hydrogen-bond donors (Lipinski definition) is 1. The fourth-order valence-corrected chi connectivity index (χ4v) is 5.81. The quantitative estimate of drug-likeness (QED) is 0.452. The predicted octanol–water partition coefficient (Wildman–Crippen LogP) is 3.26. The molecule has 2 atom stereocenters. The van der Waals surface area contributed by atoms with Crippen LogP contribution in [0.2, 0.25) is 0 Å². The van der Waals surface area contributed by atoms with Gasteiger partial charge in [-0.1, -0.05) is 12.1 Å². The Morgan fingerprint density at radius 3 is 2.46 bits per heavy atom. The molecular formula is C25H27F5N6O3. The first kappa shape index (κ1) is 27.0. The topological polar surface area (TPSA) is 100 Å². The number of halogens is 5. The molecule has 1 N–H and O–H groups in total. The maximum atomic E-state index is 14.6. The van der Waals surface area contributed by atoms with Crippen molar-refractivity contribution in [3.63, 3.8) is 0 Å². The van der Waals surface area contributed by atoms with Crippen molar-refractivity contribution in [1.82, 2.24) is 29.9 Å². The molecule has 1 aromatic heterocycles. The highest BCUT2D eigenvalue weighted by atomic mass is 19.4. The lowest BCUT2D eigenvalue weighted by Crippen LogP contribution is -2.47. The molecule has 1 unspecified atom stereocenters. The van der Waals surface area contributed by atoms with Crippen LogP contribution >= 0.6 is 0 Å². The first-order valence-electron chi connectivity index (χ1n) is 12.8. The second kappa shape index (κ2) is 10.5. The Balaban J connectivity index is 1.32. The fraction of sp³-hybridized carbons (Fsp3) is 0.560. The third-order valence-electron chi connectivity index (χ3n) is 7.77. The highest BCUT2D eigenvalue weighted by Gasteiger charge is 2.38. The van der Waals surface area contributed by atoms with Gasteiger partial charge in [0, 0.05) is 43.9 Å². The van der Waals surface area contributed by atoms with Crippen LogP contribution in [-0.4, -0.2) is 74.3 Å². The molecule has 1 aromatic carbocycles. The Kier molecular flexibility index (Phi) is 7.29. The van der Waals surface area contributed by atoms with E-state index in [1.165, 1.54) is 21.6 Å². The number of nitrogens with zero attached hydrogens (tertiary/aromatic N) is 5. The van der Waals surface area contributed by atoms with Crippen molar-refractivity contribution in [3.8, 4) is 0 Å². The van der Waals surface area contributed by atoms with Crippen LogP contribution in [0.15, 0.2) is 18.2 Å². The number of nitrogens with one attached hydrogen (secondary N) is 1. The van der Waals surface area contributed by atoms with Gasteiger partial charge in [-0.25, -0.2) is 13.6 Å². The van der Waals surface area contributed by atoms with Crippen LogP contribution in [0.25, 0.3) is 0 Å². The van der Waals surface area contributed by atoms with Gasteiger partial charge in [0.05, 0.1) is 0 Å². The van der Waals surface area contributed by atoms with Crippen molar-refractivity contribution in [1.29, 1.82) is 0 Å². The van der Waals surface area contributed by atoms with Crippen molar-refractivity contribution in [2.24, 2.45) is 0 Å². The smallest absolute Gasteiger partial charge is 0.343 e. The standard InChI is InChI=1S/C25H27F5N6O3/c26-18-3-1-2-17(22(18)27)15-5-4-14(23-33-32-19(36(23)12-15)11-25(28,29)30)10-21(38)34-8-6-16(7-9-34)35-13-20(37)31-24(35)39/h1-3,14-16H,4-13H2,(H,31,37,39)/t14?,15-/m0/s1. The average molecular weight is 555 g/mol. The largest absolute Gasteiger partial charge is 0.396 e. The summed E-state index contributed by atoms with van der Waals surface area (Å²) in [6, 6.07) is 3.14. The van der Waals surface area contributed by atoms with Crippen molar-refractivity contribution >= 4 is 17.8 Å². The molecular weight excluding hydrogens is 527 g/mol. The van der Waals surface area contributed by atoms with Crippen LogP contribution in [-0.2, 0) is 22.6 Å². The summed E-state index contributed by atoms with van der Waals surface area (Å²) < 4.78 is 69.7. The summed E-state index contributed by atoms with van der Waals surface area (Å²) in [6.45, 7) is 0.637. The minimum atomic E-state index is -4.55. The summed E-state index contributed by atoms with van der Waals surface area (Å²) in [4.78, 5) is 39.8. The van der Waals surface area contributed by atoms with Crippen LogP contribution in [0.1, 0.15) is 61.2 Å². The summed E-state index contributed by atoms with van der Waals surface area (Å²) in [5, 5.41) is 10.0. The van der Waals surface area contributed by atoms with E-state index in [-0.39, 0.29) is 54.6 Å². The molecule has 0 spiro atoms. The van der Waals surface area contributed by atoms with E-state index in [0.717, 1.165) is 6.07 Å².